The number of rotatable bonds is 6. The highest BCUT2D eigenvalue weighted by Gasteiger charge is 2.18. The van der Waals surface area contributed by atoms with Crippen molar-refractivity contribution in [2.75, 3.05) is 25.1 Å². The first-order chi connectivity index (χ1) is 12.7. The van der Waals surface area contributed by atoms with Crippen LogP contribution in [0.1, 0.15) is 24.5 Å². The minimum Gasteiger partial charge on any atom is -0.496 e. The van der Waals surface area contributed by atoms with Crippen LogP contribution in [0.3, 0.4) is 0 Å². The molecule has 2 aromatic carbocycles. The van der Waals surface area contributed by atoms with Crippen LogP contribution in [-0.4, -0.2) is 31.8 Å². The van der Waals surface area contributed by atoms with E-state index in [0.717, 1.165) is 42.1 Å². The molecule has 1 aliphatic rings. The van der Waals surface area contributed by atoms with E-state index in [0.29, 0.717) is 13.0 Å². The third-order valence-corrected chi connectivity index (χ3v) is 4.55. The predicted molar refractivity (Wildman–Crippen MR) is 105 cm³/mol. The number of hydrogen-bond acceptors (Lipinski definition) is 4. The van der Waals surface area contributed by atoms with E-state index in [1.54, 1.807) is 7.11 Å². The van der Waals surface area contributed by atoms with E-state index >= 15 is 0 Å². The Morgan fingerprint density at radius 3 is 2.81 bits per heavy atom. The van der Waals surface area contributed by atoms with Crippen molar-refractivity contribution in [2.45, 2.75) is 26.2 Å². The molecule has 1 amide bonds. The number of methoxy groups -OCH3 is 1. The van der Waals surface area contributed by atoms with Crippen molar-refractivity contribution in [3.8, 4) is 5.75 Å². The fourth-order valence-corrected chi connectivity index (χ4v) is 3.31. The molecule has 2 aromatic rings. The molecule has 0 saturated heterocycles. The lowest BCUT2D eigenvalue weighted by molar-refractivity contribution is -0.119. The van der Waals surface area contributed by atoms with Crippen molar-refractivity contribution in [1.82, 2.24) is 5.43 Å². The fraction of sp³-hybridized carbons (Fsp3) is 0.333. The molecule has 0 aromatic heterocycles. The molecule has 1 heterocycles. The first kappa shape index (κ1) is 18.0. The summed E-state index contributed by atoms with van der Waals surface area (Å²) < 4.78 is 5.36. The molecular weight excluding hydrogens is 326 g/mol. The largest absolute Gasteiger partial charge is 0.496 e. The summed E-state index contributed by atoms with van der Waals surface area (Å²) in [6, 6.07) is 16.1. The average Bonchev–Trinajstić information content (AvgIpc) is 2.67. The van der Waals surface area contributed by atoms with Gasteiger partial charge in [0.05, 0.1) is 13.7 Å². The standard InChI is InChI=1S/C21H25N3O2/c1-16(14-18-9-4-6-12-20(18)26-2)22-23-21(25)15-24-13-7-10-17-8-3-5-11-19(17)24/h3-6,8-9,11-12H,7,10,13-15H2,1-2H3,(H,23,25)/b22-16-. The molecule has 0 atom stereocenters. The van der Waals surface area contributed by atoms with Gasteiger partial charge in [-0.15, -0.1) is 0 Å². The van der Waals surface area contributed by atoms with Gasteiger partial charge in [-0.1, -0.05) is 36.4 Å². The quantitative estimate of drug-likeness (QED) is 0.642. The fourth-order valence-electron chi connectivity index (χ4n) is 3.31. The van der Waals surface area contributed by atoms with Crippen LogP contribution >= 0.6 is 0 Å². The number of para-hydroxylation sites is 2. The summed E-state index contributed by atoms with van der Waals surface area (Å²) in [5, 5.41) is 4.25. The Kier molecular flexibility index (Phi) is 5.89. The maximum atomic E-state index is 12.3. The summed E-state index contributed by atoms with van der Waals surface area (Å²) in [7, 11) is 1.66. The number of amides is 1. The zero-order chi connectivity index (χ0) is 18.4. The van der Waals surface area contributed by atoms with Crippen LogP contribution in [0.2, 0.25) is 0 Å². The molecule has 136 valence electrons. The number of carbonyl (C=O) groups is 1. The molecule has 5 nitrogen and oxygen atoms in total. The summed E-state index contributed by atoms with van der Waals surface area (Å²) >= 11 is 0. The van der Waals surface area contributed by atoms with Crippen LogP contribution in [0.5, 0.6) is 5.75 Å². The van der Waals surface area contributed by atoms with E-state index in [1.165, 1.54) is 5.56 Å². The van der Waals surface area contributed by atoms with Crippen LogP contribution < -0.4 is 15.1 Å². The smallest absolute Gasteiger partial charge is 0.259 e. The Balaban J connectivity index is 1.58. The minimum absolute atomic E-state index is 0.0962. The highest BCUT2D eigenvalue weighted by molar-refractivity contribution is 5.87. The minimum atomic E-state index is -0.0962. The highest BCUT2D eigenvalue weighted by Crippen LogP contribution is 2.26. The maximum absolute atomic E-state index is 12.3. The normalized spacial score (nSPS) is 13.9. The average molecular weight is 351 g/mol. The molecule has 26 heavy (non-hydrogen) atoms. The third-order valence-electron chi connectivity index (χ3n) is 4.55. The van der Waals surface area contributed by atoms with Crippen LogP contribution in [-0.2, 0) is 17.6 Å². The second-order valence-electron chi connectivity index (χ2n) is 6.52. The van der Waals surface area contributed by atoms with Gasteiger partial charge >= 0.3 is 0 Å². The van der Waals surface area contributed by atoms with Crippen molar-refractivity contribution in [1.29, 1.82) is 0 Å². The van der Waals surface area contributed by atoms with Crippen LogP contribution in [0.4, 0.5) is 5.69 Å². The molecule has 0 fully saturated rings. The number of aryl methyl sites for hydroxylation is 1. The van der Waals surface area contributed by atoms with Crippen LogP contribution in [0.15, 0.2) is 53.6 Å². The molecule has 0 saturated carbocycles. The summed E-state index contributed by atoms with van der Waals surface area (Å²) in [5.74, 6) is 0.736. The zero-order valence-electron chi connectivity index (χ0n) is 15.4. The van der Waals surface area contributed by atoms with Crippen molar-refractivity contribution in [3.63, 3.8) is 0 Å². The molecule has 5 heteroatoms. The van der Waals surface area contributed by atoms with E-state index in [4.69, 9.17) is 4.74 Å². The van der Waals surface area contributed by atoms with Gasteiger partial charge in [0.2, 0.25) is 0 Å². The number of nitrogens with zero attached hydrogens (tertiary/aromatic N) is 2. The van der Waals surface area contributed by atoms with Crippen LogP contribution in [0.25, 0.3) is 0 Å². The number of carbonyl (C=O) groups excluding carboxylic acids is 1. The van der Waals surface area contributed by atoms with Gasteiger partial charge in [0.15, 0.2) is 0 Å². The van der Waals surface area contributed by atoms with Gasteiger partial charge < -0.3 is 9.64 Å². The number of hydrazone groups is 1. The predicted octanol–water partition coefficient (Wildman–Crippen LogP) is 3.18. The topological polar surface area (TPSA) is 53.9 Å². The number of nitrogens with one attached hydrogen (secondary N) is 1. The van der Waals surface area contributed by atoms with Gasteiger partial charge in [0.25, 0.3) is 5.91 Å². The lowest BCUT2D eigenvalue weighted by atomic mass is 10.0. The van der Waals surface area contributed by atoms with Gasteiger partial charge in [-0.25, -0.2) is 5.43 Å². The lowest BCUT2D eigenvalue weighted by Gasteiger charge is -2.30. The van der Waals surface area contributed by atoms with Gasteiger partial charge in [0, 0.05) is 24.4 Å². The number of benzene rings is 2. The third kappa shape index (κ3) is 4.42. The monoisotopic (exact) mass is 351 g/mol. The van der Waals surface area contributed by atoms with Crippen LogP contribution in [0, 0.1) is 0 Å². The first-order valence-electron chi connectivity index (χ1n) is 8.94. The number of anilines is 1. The molecule has 0 spiro atoms. The number of hydrogen-bond donors (Lipinski definition) is 1. The zero-order valence-corrected chi connectivity index (χ0v) is 15.4. The number of ether oxygens (including phenoxy) is 1. The van der Waals surface area contributed by atoms with E-state index in [9.17, 15) is 4.79 Å². The van der Waals surface area contributed by atoms with Gasteiger partial charge in [-0.05, 0) is 43.0 Å². The SMILES string of the molecule is COc1ccccc1C/C(C)=N\NC(=O)CN1CCCc2ccccc21. The Hall–Kier alpha value is -2.82. The molecule has 0 unspecified atom stereocenters. The van der Waals surface area contributed by atoms with Crippen molar-refractivity contribution >= 4 is 17.3 Å². The second kappa shape index (κ2) is 8.52. The van der Waals surface area contributed by atoms with Gasteiger partial charge in [0.1, 0.15) is 5.75 Å². The van der Waals surface area contributed by atoms with E-state index in [2.05, 4.69) is 27.6 Å². The van der Waals surface area contributed by atoms with E-state index < -0.39 is 0 Å². The van der Waals surface area contributed by atoms with Crippen molar-refractivity contribution < 1.29 is 9.53 Å². The molecular formula is C21H25N3O2. The highest BCUT2D eigenvalue weighted by atomic mass is 16.5. The summed E-state index contributed by atoms with van der Waals surface area (Å²) in [6.45, 7) is 3.12. The summed E-state index contributed by atoms with van der Waals surface area (Å²) in [5.41, 5.74) is 7.04. The van der Waals surface area contributed by atoms with E-state index in [1.807, 2.05) is 43.3 Å². The van der Waals surface area contributed by atoms with Crippen molar-refractivity contribution in [3.05, 3.63) is 59.7 Å². The summed E-state index contributed by atoms with van der Waals surface area (Å²) in [4.78, 5) is 14.4. The van der Waals surface area contributed by atoms with Gasteiger partial charge in [-0.2, -0.15) is 5.10 Å². The Morgan fingerprint density at radius 2 is 1.96 bits per heavy atom. The molecule has 0 radical (unpaired) electrons. The Bertz CT molecular complexity index is 801. The lowest BCUT2D eigenvalue weighted by Crippen LogP contribution is -2.38. The summed E-state index contributed by atoms with van der Waals surface area (Å²) in [6.07, 6.45) is 2.78. The maximum Gasteiger partial charge on any atom is 0.259 e. The number of fused-ring (bicyclic) bond motifs is 1. The van der Waals surface area contributed by atoms with Crippen molar-refractivity contribution in [2.24, 2.45) is 5.10 Å². The van der Waals surface area contributed by atoms with E-state index in [-0.39, 0.29) is 5.91 Å². The second-order valence-corrected chi connectivity index (χ2v) is 6.52. The van der Waals surface area contributed by atoms with Gasteiger partial charge in [-0.3, -0.25) is 4.79 Å². The molecule has 1 N–H and O–H groups in total. The molecule has 0 aliphatic carbocycles. The molecule has 0 bridgehead atoms. The Morgan fingerprint density at radius 1 is 1.19 bits per heavy atom. The molecule has 1 aliphatic heterocycles. The first-order valence-corrected chi connectivity index (χ1v) is 8.94. The molecule has 3 rings (SSSR count). The Labute approximate surface area is 154 Å².